The molecule has 0 fully saturated rings. The fourth-order valence-electron chi connectivity index (χ4n) is 1.99. The van der Waals surface area contributed by atoms with Crippen molar-refractivity contribution in [3.63, 3.8) is 0 Å². The van der Waals surface area contributed by atoms with E-state index in [0.717, 1.165) is 5.52 Å². The Morgan fingerprint density at radius 1 is 1.15 bits per heavy atom. The van der Waals surface area contributed by atoms with Crippen LogP contribution in [0.1, 0.15) is 10.4 Å². The fourth-order valence-corrected chi connectivity index (χ4v) is 1.99. The highest BCUT2D eigenvalue weighted by Crippen LogP contribution is 2.14. The summed E-state index contributed by atoms with van der Waals surface area (Å²) in [6.45, 7) is -0.823. The Balaban J connectivity index is 2.28. The molecular weight excluding hydrogens is 264 g/mol. The molecule has 20 heavy (non-hydrogen) atoms. The molecule has 1 aromatic carbocycles. The van der Waals surface area contributed by atoms with Crippen molar-refractivity contribution in [1.29, 1.82) is 0 Å². The number of rotatable bonds is 5. The molecule has 0 aliphatic heterocycles. The lowest BCUT2D eigenvalue weighted by molar-refractivity contribution is -0.141. The van der Waals surface area contributed by atoms with E-state index in [0.29, 0.717) is 11.1 Å². The van der Waals surface area contributed by atoms with Crippen molar-refractivity contribution in [3.8, 4) is 0 Å². The molecule has 0 saturated carbocycles. The van der Waals surface area contributed by atoms with E-state index in [2.05, 4.69) is 0 Å². The zero-order valence-corrected chi connectivity index (χ0v) is 11.1. The fraction of sp³-hybridized carbons (Fsp3) is 0.308. The number of aryl methyl sites for hydroxylation is 2. The minimum Gasteiger partial charge on any atom is -0.480 e. The molecule has 106 valence electrons. The van der Waals surface area contributed by atoms with Crippen LogP contribution >= 0.6 is 0 Å². The van der Waals surface area contributed by atoms with Gasteiger partial charge in [0.2, 0.25) is 0 Å². The largest absolute Gasteiger partial charge is 0.480 e. The van der Waals surface area contributed by atoms with E-state index >= 15 is 0 Å². The van der Waals surface area contributed by atoms with Crippen molar-refractivity contribution in [2.45, 2.75) is 0 Å². The number of imidazole rings is 1. The van der Waals surface area contributed by atoms with E-state index in [9.17, 15) is 14.4 Å². The van der Waals surface area contributed by atoms with Crippen LogP contribution in [0.4, 0.5) is 0 Å². The molecule has 0 spiro atoms. The highest BCUT2D eigenvalue weighted by atomic mass is 16.5. The third-order valence-corrected chi connectivity index (χ3v) is 3.05. The second-order valence-electron chi connectivity index (χ2n) is 4.41. The van der Waals surface area contributed by atoms with Crippen molar-refractivity contribution in [3.05, 3.63) is 34.2 Å². The van der Waals surface area contributed by atoms with Crippen LogP contribution in [0.2, 0.25) is 0 Å². The SMILES string of the molecule is Cn1c(=O)n(C)c2cc(C(=O)COCC(=O)O)ccc21. The normalized spacial score (nSPS) is 10.9. The molecule has 7 heteroatoms. The lowest BCUT2D eigenvalue weighted by Crippen LogP contribution is -2.19. The molecule has 0 amide bonds. The van der Waals surface area contributed by atoms with Crippen molar-refractivity contribution in [2.75, 3.05) is 13.2 Å². The van der Waals surface area contributed by atoms with E-state index in [1.54, 1.807) is 32.3 Å². The summed E-state index contributed by atoms with van der Waals surface area (Å²) in [5, 5.41) is 8.43. The van der Waals surface area contributed by atoms with Gasteiger partial charge in [-0.15, -0.1) is 0 Å². The third kappa shape index (κ3) is 2.48. The van der Waals surface area contributed by atoms with Gasteiger partial charge in [0.05, 0.1) is 11.0 Å². The lowest BCUT2D eigenvalue weighted by Gasteiger charge is -2.02. The number of carboxylic acid groups (broad SMARTS) is 1. The zero-order chi connectivity index (χ0) is 14.9. The molecule has 2 rings (SSSR count). The Bertz CT molecular complexity index is 741. The maximum atomic E-state index is 11.9. The van der Waals surface area contributed by atoms with Crippen molar-refractivity contribution < 1.29 is 19.4 Å². The second kappa shape index (κ2) is 5.30. The predicted molar refractivity (Wildman–Crippen MR) is 70.9 cm³/mol. The molecular formula is C13H14N2O5. The first-order valence-corrected chi connectivity index (χ1v) is 5.90. The van der Waals surface area contributed by atoms with E-state index in [4.69, 9.17) is 9.84 Å². The Kier molecular flexibility index (Phi) is 3.71. The number of Topliss-reactive ketones (excluding diaryl/α,β-unsaturated/α-hetero) is 1. The van der Waals surface area contributed by atoms with Gasteiger partial charge in [0.15, 0.2) is 5.78 Å². The summed E-state index contributed by atoms with van der Waals surface area (Å²) in [7, 11) is 3.28. The van der Waals surface area contributed by atoms with E-state index in [-0.39, 0.29) is 18.1 Å². The molecule has 0 saturated heterocycles. The minimum atomic E-state index is -1.13. The number of fused-ring (bicyclic) bond motifs is 1. The van der Waals surface area contributed by atoms with E-state index < -0.39 is 12.6 Å². The summed E-state index contributed by atoms with van der Waals surface area (Å²) in [5.41, 5.74) is 1.57. The molecule has 1 aromatic heterocycles. The van der Waals surface area contributed by atoms with Crippen molar-refractivity contribution in [2.24, 2.45) is 14.1 Å². The van der Waals surface area contributed by atoms with Crippen LogP contribution in [-0.2, 0) is 23.6 Å². The topological polar surface area (TPSA) is 90.5 Å². The van der Waals surface area contributed by atoms with Gasteiger partial charge in [0, 0.05) is 19.7 Å². The number of ketones is 1. The first kappa shape index (κ1) is 14.0. The molecule has 0 aliphatic carbocycles. The molecule has 7 nitrogen and oxygen atoms in total. The summed E-state index contributed by atoms with van der Waals surface area (Å²) in [6.07, 6.45) is 0. The summed E-state index contributed by atoms with van der Waals surface area (Å²) in [5.74, 6) is -1.46. The van der Waals surface area contributed by atoms with Gasteiger partial charge in [-0.2, -0.15) is 0 Å². The maximum absolute atomic E-state index is 11.9. The van der Waals surface area contributed by atoms with Gasteiger partial charge in [-0.05, 0) is 18.2 Å². The average Bonchev–Trinajstić information content (AvgIpc) is 2.63. The second-order valence-corrected chi connectivity index (χ2v) is 4.41. The van der Waals surface area contributed by atoms with Crippen LogP contribution in [-0.4, -0.2) is 39.2 Å². The lowest BCUT2D eigenvalue weighted by atomic mass is 10.1. The van der Waals surface area contributed by atoms with Gasteiger partial charge in [0.25, 0.3) is 0 Å². The van der Waals surface area contributed by atoms with Crippen molar-refractivity contribution in [1.82, 2.24) is 9.13 Å². The Hall–Kier alpha value is -2.41. The summed E-state index contributed by atoms with van der Waals surface area (Å²) in [6, 6.07) is 4.87. The number of ether oxygens (including phenoxy) is 1. The molecule has 2 aromatic rings. The first-order valence-electron chi connectivity index (χ1n) is 5.90. The van der Waals surface area contributed by atoms with Crippen LogP contribution in [0.3, 0.4) is 0 Å². The van der Waals surface area contributed by atoms with Gasteiger partial charge in [-0.25, -0.2) is 9.59 Å². The predicted octanol–water partition coefficient (Wildman–Crippen LogP) is 0.161. The first-order chi connectivity index (χ1) is 9.41. The number of aliphatic carboxylic acids is 1. The van der Waals surface area contributed by atoms with Crippen LogP contribution in [0, 0.1) is 0 Å². The standard InChI is InChI=1S/C13H14N2O5/c1-14-9-4-3-8(5-10(9)15(2)13(14)19)11(16)6-20-7-12(17)18/h3-5H,6-7H2,1-2H3,(H,17,18). The number of hydrogen-bond donors (Lipinski definition) is 1. The summed E-state index contributed by atoms with van der Waals surface area (Å²) in [4.78, 5) is 33.9. The zero-order valence-electron chi connectivity index (χ0n) is 11.1. The maximum Gasteiger partial charge on any atom is 0.329 e. The quantitative estimate of drug-likeness (QED) is 0.787. The van der Waals surface area contributed by atoms with Crippen molar-refractivity contribution >= 4 is 22.8 Å². The van der Waals surface area contributed by atoms with Gasteiger partial charge < -0.3 is 9.84 Å². The number of carbonyl (C=O) groups excluding carboxylic acids is 1. The number of aromatic nitrogens is 2. The van der Waals surface area contributed by atoms with E-state index in [1.807, 2.05) is 0 Å². The summed E-state index contributed by atoms with van der Waals surface area (Å²) >= 11 is 0. The molecule has 1 heterocycles. The number of nitrogens with zero attached hydrogens (tertiary/aromatic N) is 2. The monoisotopic (exact) mass is 278 g/mol. The van der Waals surface area contributed by atoms with Gasteiger partial charge in [0.1, 0.15) is 13.2 Å². The number of benzene rings is 1. The average molecular weight is 278 g/mol. The van der Waals surface area contributed by atoms with Crippen LogP contribution in [0.25, 0.3) is 11.0 Å². The smallest absolute Gasteiger partial charge is 0.329 e. The molecule has 0 atom stereocenters. The number of carboxylic acids is 1. The molecule has 1 N–H and O–H groups in total. The number of carbonyl (C=O) groups is 2. The Labute approximate surface area is 114 Å². The van der Waals surface area contributed by atoms with Gasteiger partial charge in [-0.1, -0.05) is 0 Å². The van der Waals surface area contributed by atoms with Gasteiger partial charge in [-0.3, -0.25) is 13.9 Å². The number of hydrogen-bond acceptors (Lipinski definition) is 4. The van der Waals surface area contributed by atoms with Crippen LogP contribution in [0.5, 0.6) is 0 Å². The van der Waals surface area contributed by atoms with Crippen LogP contribution in [0.15, 0.2) is 23.0 Å². The summed E-state index contributed by atoms with van der Waals surface area (Å²) < 4.78 is 7.70. The minimum absolute atomic E-state index is 0.174. The highest BCUT2D eigenvalue weighted by molar-refractivity contribution is 5.99. The highest BCUT2D eigenvalue weighted by Gasteiger charge is 2.12. The molecule has 0 aliphatic rings. The molecule has 0 bridgehead atoms. The van der Waals surface area contributed by atoms with E-state index in [1.165, 1.54) is 9.13 Å². The Morgan fingerprint density at radius 2 is 1.80 bits per heavy atom. The Morgan fingerprint density at radius 3 is 2.45 bits per heavy atom. The van der Waals surface area contributed by atoms with Crippen LogP contribution < -0.4 is 5.69 Å². The molecule has 0 radical (unpaired) electrons. The third-order valence-electron chi connectivity index (χ3n) is 3.05. The molecule has 0 unspecified atom stereocenters. The van der Waals surface area contributed by atoms with Gasteiger partial charge >= 0.3 is 11.7 Å².